The van der Waals surface area contributed by atoms with Gasteiger partial charge in [-0.3, -0.25) is 9.78 Å². The molecule has 1 atom stereocenters. The van der Waals surface area contributed by atoms with Crippen LogP contribution in [0.4, 0.5) is 4.39 Å². The predicted molar refractivity (Wildman–Crippen MR) is 69.3 cm³/mol. The Morgan fingerprint density at radius 1 is 1.21 bits per heavy atom. The molecule has 2 aromatic rings. The zero-order valence-electron chi connectivity index (χ0n) is 10.3. The zero-order valence-corrected chi connectivity index (χ0v) is 10.3. The third-order valence-corrected chi connectivity index (χ3v) is 3.33. The van der Waals surface area contributed by atoms with E-state index in [2.05, 4.69) is 10.3 Å². The molecule has 1 aliphatic carbocycles. The molecule has 1 amide bonds. The average Bonchev–Trinajstić information content (AvgIpc) is 2.81. The van der Waals surface area contributed by atoms with Crippen LogP contribution in [0.25, 0.3) is 0 Å². The lowest BCUT2D eigenvalue weighted by Gasteiger charge is -2.11. The van der Waals surface area contributed by atoms with Crippen molar-refractivity contribution < 1.29 is 9.18 Å². The number of rotatable bonds is 2. The number of carbonyl (C=O) groups excluding carboxylic acids is 1. The number of carbonyl (C=O) groups is 1. The number of fused-ring (bicyclic) bond motifs is 1. The molecule has 3 rings (SSSR count). The minimum atomic E-state index is -0.339. The van der Waals surface area contributed by atoms with Crippen LogP contribution < -0.4 is 5.32 Å². The molecule has 4 heteroatoms. The lowest BCUT2D eigenvalue weighted by atomic mass is 10.1. The summed E-state index contributed by atoms with van der Waals surface area (Å²) >= 11 is 0. The monoisotopic (exact) mass is 256 g/mol. The first-order valence-corrected chi connectivity index (χ1v) is 6.21. The third-order valence-electron chi connectivity index (χ3n) is 3.33. The Hall–Kier alpha value is -2.23. The van der Waals surface area contributed by atoms with Crippen molar-refractivity contribution >= 4 is 5.91 Å². The van der Waals surface area contributed by atoms with Crippen molar-refractivity contribution in [1.82, 2.24) is 10.3 Å². The van der Waals surface area contributed by atoms with Crippen LogP contribution in [0.3, 0.4) is 0 Å². The summed E-state index contributed by atoms with van der Waals surface area (Å²) in [4.78, 5) is 16.3. The molecule has 3 nitrogen and oxygen atoms in total. The van der Waals surface area contributed by atoms with Crippen molar-refractivity contribution in [2.75, 3.05) is 0 Å². The summed E-state index contributed by atoms with van der Waals surface area (Å²) in [5, 5.41) is 2.96. The number of benzene rings is 1. The van der Waals surface area contributed by atoms with E-state index in [4.69, 9.17) is 0 Å². The number of hydrogen-bond donors (Lipinski definition) is 1. The van der Waals surface area contributed by atoms with E-state index in [1.165, 1.54) is 29.8 Å². The van der Waals surface area contributed by atoms with Crippen molar-refractivity contribution in [3.8, 4) is 0 Å². The SMILES string of the molecule is O=C(N[C@@H]1Cc2cccnc2C1)c1ccc(F)cc1. The molecule has 1 aliphatic rings. The van der Waals surface area contributed by atoms with E-state index < -0.39 is 0 Å². The quantitative estimate of drug-likeness (QED) is 0.894. The van der Waals surface area contributed by atoms with Crippen molar-refractivity contribution in [1.29, 1.82) is 0 Å². The van der Waals surface area contributed by atoms with Gasteiger partial charge in [-0.15, -0.1) is 0 Å². The van der Waals surface area contributed by atoms with E-state index in [0.717, 1.165) is 18.5 Å². The molecule has 96 valence electrons. The Morgan fingerprint density at radius 3 is 2.74 bits per heavy atom. The molecule has 0 saturated carbocycles. The van der Waals surface area contributed by atoms with E-state index in [1.54, 1.807) is 6.20 Å². The summed E-state index contributed by atoms with van der Waals surface area (Å²) in [6.07, 6.45) is 3.32. The van der Waals surface area contributed by atoms with Crippen molar-refractivity contribution in [3.05, 3.63) is 65.2 Å². The van der Waals surface area contributed by atoms with Crippen LogP contribution >= 0.6 is 0 Å². The lowest BCUT2D eigenvalue weighted by molar-refractivity contribution is 0.0938. The van der Waals surface area contributed by atoms with E-state index in [0.29, 0.717) is 5.56 Å². The van der Waals surface area contributed by atoms with Gasteiger partial charge in [0.2, 0.25) is 0 Å². The summed E-state index contributed by atoms with van der Waals surface area (Å²) in [5.74, 6) is -0.508. The highest BCUT2D eigenvalue weighted by Crippen LogP contribution is 2.19. The average molecular weight is 256 g/mol. The van der Waals surface area contributed by atoms with Crippen LogP contribution in [-0.2, 0) is 12.8 Å². The van der Waals surface area contributed by atoms with Gasteiger partial charge in [-0.25, -0.2) is 4.39 Å². The summed E-state index contributed by atoms with van der Waals surface area (Å²) < 4.78 is 12.8. The van der Waals surface area contributed by atoms with Crippen LogP contribution in [0.15, 0.2) is 42.6 Å². The second-order valence-corrected chi connectivity index (χ2v) is 4.69. The molecule has 1 heterocycles. The second kappa shape index (κ2) is 4.80. The molecular weight excluding hydrogens is 243 g/mol. The van der Waals surface area contributed by atoms with Crippen LogP contribution in [-0.4, -0.2) is 16.9 Å². The number of nitrogens with zero attached hydrogens (tertiary/aromatic N) is 1. The molecule has 1 N–H and O–H groups in total. The van der Waals surface area contributed by atoms with Crippen LogP contribution in [0, 0.1) is 5.82 Å². The Bertz CT molecular complexity index is 585. The number of hydrogen-bond acceptors (Lipinski definition) is 2. The van der Waals surface area contributed by atoms with Gasteiger partial charge in [-0.1, -0.05) is 6.07 Å². The topological polar surface area (TPSA) is 42.0 Å². The fourth-order valence-corrected chi connectivity index (χ4v) is 2.38. The van der Waals surface area contributed by atoms with Crippen molar-refractivity contribution in [2.45, 2.75) is 18.9 Å². The van der Waals surface area contributed by atoms with E-state index in [1.807, 2.05) is 12.1 Å². The van der Waals surface area contributed by atoms with Gasteiger partial charge in [0.15, 0.2) is 0 Å². The summed E-state index contributed by atoms with van der Waals surface area (Å²) in [6, 6.07) is 9.58. The highest BCUT2D eigenvalue weighted by Gasteiger charge is 2.23. The molecule has 0 spiro atoms. The molecular formula is C15H13FN2O. The highest BCUT2D eigenvalue weighted by atomic mass is 19.1. The summed E-state index contributed by atoms with van der Waals surface area (Å²) in [7, 11) is 0. The number of nitrogens with one attached hydrogen (secondary N) is 1. The van der Waals surface area contributed by atoms with Crippen LogP contribution in [0.1, 0.15) is 21.6 Å². The maximum absolute atomic E-state index is 12.8. The number of amides is 1. The van der Waals surface area contributed by atoms with Gasteiger partial charge >= 0.3 is 0 Å². The molecule has 0 aliphatic heterocycles. The predicted octanol–water partition coefficient (Wildman–Crippen LogP) is 2.12. The van der Waals surface area contributed by atoms with Gasteiger partial charge in [0.05, 0.1) is 0 Å². The lowest BCUT2D eigenvalue weighted by Crippen LogP contribution is -2.35. The van der Waals surface area contributed by atoms with Gasteiger partial charge in [0.1, 0.15) is 5.82 Å². The Morgan fingerprint density at radius 2 is 2.00 bits per heavy atom. The molecule has 1 aromatic heterocycles. The highest BCUT2D eigenvalue weighted by molar-refractivity contribution is 5.94. The van der Waals surface area contributed by atoms with E-state index >= 15 is 0 Å². The Balaban J connectivity index is 1.67. The standard InChI is InChI=1S/C15H13FN2O/c16-12-5-3-10(4-6-12)15(19)18-13-8-11-2-1-7-17-14(11)9-13/h1-7,13H,8-9H2,(H,18,19)/t13-/m1/s1. The number of pyridine rings is 1. The molecule has 0 fully saturated rings. The second-order valence-electron chi connectivity index (χ2n) is 4.69. The minimum Gasteiger partial charge on any atom is -0.349 e. The normalized spacial score (nSPS) is 17.0. The molecule has 19 heavy (non-hydrogen) atoms. The van der Waals surface area contributed by atoms with Crippen molar-refractivity contribution in [3.63, 3.8) is 0 Å². The maximum atomic E-state index is 12.8. The number of halogens is 1. The Kier molecular flexibility index (Phi) is 2.99. The van der Waals surface area contributed by atoms with Gasteiger partial charge in [0.25, 0.3) is 5.91 Å². The first-order chi connectivity index (χ1) is 9.22. The summed E-state index contributed by atoms with van der Waals surface area (Å²) in [5.41, 5.74) is 2.71. The van der Waals surface area contributed by atoms with Gasteiger partial charge in [-0.05, 0) is 42.3 Å². The third kappa shape index (κ3) is 2.47. The van der Waals surface area contributed by atoms with Gasteiger partial charge in [0, 0.05) is 29.9 Å². The first kappa shape index (κ1) is 11.8. The smallest absolute Gasteiger partial charge is 0.251 e. The van der Waals surface area contributed by atoms with E-state index in [-0.39, 0.29) is 17.8 Å². The van der Waals surface area contributed by atoms with Crippen LogP contribution in [0.2, 0.25) is 0 Å². The maximum Gasteiger partial charge on any atom is 0.251 e. The molecule has 1 aromatic carbocycles. The molecule has 0 bridgehead atoms. The first-order valence-electron chi connectivity index (χ1n) is 6.21. The molecule has 0 radical (unpaired) electrons. The fraction of sp³-hybridized carbons (Fsp3) is 0.200. The van der Waals surface area contributed by atoms with Gasteiger partial charge < -0.3 is 5.32 Å². The van der Waals surface area contributed by atoms with Crippen molar-refractivity contribution in [2.24, 2.45) is 0 Å². The van der Waals surface area contributed by atoms with E-state index in [9.17, 15) is 9.18 Å². The van der Waals surface area contributed by atoms with Crippen LogP contribution in [0.5, 0.6) is 0 Å². The zero-order chi connectivity index (χ0) is 13.2. The van der Waals surface area contributed by atoms with Gasteiger partial charge in [-0.2, -0.15) is 0 Å². The summed E-state index contributed by atoms with van der Waals surface area (Å²) in [6.45, 7) is 0. The number of aromatic nitrogens is 1. The Labute approximate surface area is 110 Å². The molecule has 0 saturated heterocycles. The minimum absolute atomic E-state index is 0.0717. The molecule has 0 unspecified atom stereocenters. The largest absolute Gasteiger partial charge is 0.349 e. The fourth-order valence-electron chi connectivity index (χ4n) is 2.38.